The minimum absolute atomic E-state index is 0.0895. The molecule has 4 N–H and O–H groups in total. The van der Waals surface area contributed by atoms with Crippen molar-refractivity contribution in [1.82, 2.24) is 25.8 Å². The average molecular weight is 434 g/mol. The minimum atomic E-state index is -0.945. The summed E-state index contributed by atoms with van der Waals surface area (Å²) in [6, 6.07) is 1.34. The molecule has 1 saturated carbocycles. The van der Waals surface area contributed by atoms with Crippen molar-refractivity contribution in [1.29, 1.82) is 0 Å². The number of amides is 2. The van der Waals surface area contributed by atoms with E-state index in [9.17, 15) is 14.8 Å². The number of aryl methyl sites for hydroxylation is 1. The summed E-state index contributed by atoms with van der Waals surface area (Å²) in [5.41, 5.74) is 6.17. The quantitative estimate of drug-likeness (QED) is 0.276. The number of rotatable bonds is 8. The number of carbonyl (C=O) groups excluding carboxylic acids is 2. The van der Waals surface area contributed by atoms with Gasteiger partial charge < -0.3 is 10.2 Å². The van der Waals surface area contributed by atoms with Crippen LogP contribution in [-0.2, 0) is 9.59 Å². The Bertz CT molecular complexity index is 754. The standard InChI is InChI=1S/C21H35N7O3/c1-4-17-12-22-9-10-27(17)18-11-15(3)23-21(24-18)26-25-20(30)19(28(31)13-29)16-7-5-14(2)6-8-16/h11,13-14,16-17,19,22,31H,4-10,12H2,1-3H3,(H,25,30)(H,23,24,26). The molecule has 1 saturated heterocycles. The highest BCUT2D eigenvalue weighted by atomic mass is 16.5. The highest BCUT2D eigenvalue weighted by molar-refractivity contribution is 5.84. The Morgan fingerprint density at radius 1 is 1.39 bits per heavy atom. The fourth-order valence-corrected chi connectivity index (χ4v) is 4.59. The third kappa shape index (κ3) is 5.82. The van der Waals surface area contributed by atoms with Gasteiger partial charge in [-0.15, -0.1) is 0 Å². The van der Waals surface area contributed by atoms with Gasteiger partial charge >= 0.3 is 0 Å². The van der Waals surface area contributed by atoms with E-state index >= 15 is 0 Å². The third-order valence-electron chi connectivity index (χ3n) is 6.42. The van der Waals surface area contributed by atoms with Crippen LogP contribution in [-0.4, -0.2) is 64.3 Å². The van der Waals surface area contributed by atoms with Crippen molar-refractivity contribution in [2.24, 2.45) is 11.8 Å². The van der Waals surface area contributed by atoms with Crippen molar-refractivity contribution in [2.45, 2.75) is 65.0 Å². The molecule has 0 bridgehead atoms. The SMILES string of the molecule is CCC1CNCCN1c1cc(C)nc(NNC(=O)C(C2CCC(C)CC2)N(O)C=O)n1. The molecule has 0 aromatic carbocycles. The van der Waals surface area contributed by atoms with Gasteiger partial charge in [0.1, 0.15) is 11.9 Å². The number of piperazine rings is 1. The van der Waals surface area contributed by atoms with Gasteiger partial charge in [0.15, 0.2) is 0 Å². The molecule has 2 fully saturated rings. The first kappa shape index (κ1) is 23.2. The first-order valence-electron chi connectivity index (χ1n) is 11.2. The maximum atomic E-state index is 12.9. The summed E-state index contributed by atoms with van der Waals surface area (Å²) in [4.78, 5) is 35.3. The van der Waals surface area contributed by atoms with Crippen LogP contribution in [0.3, 0.4) is 0 Å². The topological polar surface area (TPSA) is 123 Å². The van der Waals surface area contributed by atoms with Gasteiger partial charge in [-0.2, -0.15) is 4.98 Å². The van der Waals surface area contributed by atoms with Gasteiger partial charge in [0.25, 0.3) is 5.91 Å². The zero-order valence-electron chi connectivity index (χ0n) is 18.7. The average Bonchev–Trinajstić information content (AvgIpc) is 2.78. The summed E-state index contributed by atoms with van der Waals surface area (Å²) in [5.74, 6) is 1.12. The van der Waals surface area contributed by atoms with Gasteiger partial charge in [-0.1, -0.05) is 26.7 Å². The number of hydrogen-bond acceptors (Lipinski definition) is 8. The molecule has 2 aliphatic rings. The summed E-state index contributed by atoms with van der Waals surface area (Å²) >= 11 is 0. The molecule has 1 aliphatic carbocycles. The molecule has 172 valence electrons. The Morgan fingerprint density at radius 2 is 2.13 bits per heavy atom. The smallest absolute Gasteiger partial charge is 0.264 e. The van der Waals surface area contributed by atoms with E-state index in [0.29, 0.717) is 23.4 Å². The van der Waals surface area contributed by atoms with Crippen molar-refractivity contribution >= 4 is 24.1 Å². The van der Waals surface area contributed by atoms with E-state index in [4.69, 9.17) is 0 Å². The first-order valence-corrected chi connectivity index (χ1v) is 11.2. The van der Waals surface area contributed by atoms with Gasteiger partial charge in [0.05, 0.1) is 0 Å². The Balaban J connectivity index is 1.69. The fourth-order valence-electron chi connectivity index (χ4n) is 4.59. The summed E-state index contributed by atoms with van der Waals surface area (Å²) in [5, 5.41) is 13.9. The van der Waals surface area contributed by atoms with E-state index in [2.05, 4.69) is 44.9 Å². The van der Waals surface area contributed by atoms with Gasteiger partial charge in [-0.25, -0.2) is 10.0 Å². The lowest BCUT2D eigenvalue weighted by Crippen LogP contribution is -2.52. The van der Waals surface area contributed by atoms with Crippen molar-refractivity contribution in [3.05, 3.63) is 11.8 Å². The maximum Gasteiger partial charge on any atom is 0.264 e. The Kier molecular flexibility index (Phi) is 8.03. The van der Waals surface area contributed by atoms with Gasteiger partial charge in [0, 0.05) is 37.4 Å². The molecule has 10 nitrogen and oxygen atoms in total. The summed E-state index contributed by atoms with van der Waals surface area (Å²) in [6.45, 7) is 8.85. The molecule has 0 spiro atoms. The molecule has 2 atom stereocenters. The molecule has 3 rings (SSSR count). The van der Waals surface area contributed by atoms with Crippen LogP contribution in [0.15, 0.2) is 6.07 Å². The van der Waals surface area contributed by atoms with Gasteiger partial charge in [-0.3, -0.25) is 25.6 Å². The molecule has 1 aromatic heterocycles. The molecule has 31 heavy (non-hydrogen) atoms. The van der Waals surface area contributed by atoms with E-state index in [0.717, 1.165) is 63.3 Å². The van der Waals surface area contributed by atoms with E-state index in [1.165, 1.54) is 0 Å². The van der Waals surface area contributed by atoms with E-state index in [1.807, 2.05) is 13.0 Å². The van der Waals surface area contributed by atoms with Gasteiger partial charge in [0.2, 0.25) is 12.4 Å². The first-order chi connectivity index (χ1) is 14.9. The number of carbonyl (C=O) groups is 2. The molecule has 2 heterocycles. The summed E-state index contributed by atoms with van der Waals surface area (Å²) < 4.78 is 0. The number of hydrazine groups is 1. The molecular formula is C21H35N7O3. The monoisotopic (exact) mass is 433 g/mol. The molecule has 1 aromatic rings. The minimum Gasteiger partial charge on any atom is -0.351 e. The number of hydrogen-bond donors (Lipinski definition) is 4. The van der Waals surface area contributed by atoms with Crippen LogP contribution in [0.25, 0.3) is 0 Å². The van der Waals surface area contributed by atoms with Crippen molar-refractivity contribution in [2.75, 3.05) is 30.0 Å². The largest absolute Gasteiger partial charge is 0.351 e. The summed E-state index contributed by atoms with van der Waals surface area (Å²) in [7, 11) is 0. The number of nitrogens with one attached hydrogen (secondary N) is 3. The van der Waals surface area contributed by atoms with Crippen LogP contribution in [0.2, 0.25) is 0 Å². The second-order valence-corrected chi connectivity index (χ2v) is 8.72. The van der Waals surface area contributed by atoms with Crippen LogP contribution in [0, 0.1) is 18.8 Å². The Morgan fingerprint density at radius 3 is 2.81 bits per heavy atom. The fraction of sp³-hybridized carbons (Fsp3) is 0.714. The zero-order chi connectivity index (χ0) is 22.4. The van der Waals surface area contributed by atoms with Crippen LogP contribution in [0.4, 0.5) is 11.8 Å². The predicted molar refractivity (Wildman–Crippen MR) is 117 cm³/mol. The summed E-state index contributed by atoms with van der Waals surface area (Å²) in [6.07, 6.45) is 4.81. The Hall–Kier alpha value is -2.46. The molecule has 10 heteroatoms. The highest BCUT2D eigenvalue weighted by Gasteiger charge is 2.35. The zero-order valence-corrected chi connectivity index (χ0v) is 18.7. The normalized spacial score (nSPS) is 24.9. The Labute approximate surface area is 183 Å². The lowest BCUT2D eigenvalue weighted by Gasteiger charge is -2.36. The molecule has 2 unspecified atom stereocenters. The van der Waals surface area contributed by atoms with Crippen LogP contribution < -0.4 is 21.1 Å². The highest BCUT2D eigenvalue weighted by Crippen LogP contribution is 2.32. The van der Waals surface area contributed by atoms with E-state index < -0.39 is 11.9 Å². The second kappa shape index (κ2) is 10.7. The maximum absolute atomic E-state index is 12.9. The van der Waals surface area contributed by atoms with Crippen molar-refractivity contribution in [3.63, 3.8) is 0 Å². The molecule has 0 radical (unpaired) electrons. The third-order valence-corrected chi connectivity index (χ3v) is 6.42. The van der Waals surface area contributed by atoms with Crippen LogP contribution >= 0.6 is 0 Å². The molecular weight excluding hydrogens is 398 g/mol. The van der Waals surface area contributed by atoms with Crippen LogP contribution in [0.1, 0.15) is 51.6 Å². The number of anilines is 2. The molecule has 1 aliphatic heterocycles. The lowest BCUT2D eigenvalue weighted by atomic mass is 9.79. The van der Waals surface area contributed by atoms with Gasteiger partial charge in [-0.05, 0) is 38.0 Å². The number of nitrogens with zero attached hydrogens (tertiary/aromatic N) is 4. The lowest BCUT2D eigenvalue weighted by molar-refractivity contribution is -0.173. The molecule has 2 amide bonds. The van der Waals surface area contributed by atoms with E-state index in [1.54, 1.807) is 0 Å². The predicted octanol–water partition coefficient (Wildman–Crippen LogP) is 1.46. The second-order valence-electron chi connectivity index (χ2n) is 8.72. The van der Waals surface area contributed by atoms with Crippen LogP contribution in [0.5, 0.6) is 0 Å². The van der Waals surface area contributed by atoms with Crippen molar-refractivity contribution < 1.29 is 14.8 Å². The number of hydroxylamine groups is 2. The van der Waals surface area contributed by atoms with E-state index in [-0.39, 0.29) is 11.9 Å². The van der Waals surface area contributed by atoms with Crippen molar-refractivity contribution in [3.8, 4) is 0 Å². The number of aromatic nitrogens is 2.